The van der Waals surface area contributed by atoms with Crippen molar-refractivity contribution in [1.82, 2.24) is 29.6 Å². The number of likely N-dealkylation sites (tertiary alicyclic amines) is 1. The van der Waals surface area contributed by atoms with Gasteiger partial charge in [0, 0.05) is 44.6 Å². The lowest BCUT2D eigenvalue weighted by Crippen LogP contribution is -2.53. The third-order valence-electron chi connectivity index (χ3n) is 5.83. The van der Waals surface area contributed by atoms with Crippen LogP contribution in [0.15, 0.2) is 12.4 Å². The largest absolute Gasteiger partial charge is 0.378 e. The van der Waals surface area contributed by atoms with Crippen molar-refractivity contribution in [3.63, 3.8) is 0 Å². The number of anilines is 1. The molecule has 29 heavy (non-hydrogen) atoms. The van der Waals surface area contributed by atoms with Crippen molar-refractivity contribution < 1.29 is 9.53 Å². The summed E-state index contributed by atoms with van der Waals surface area (Å²) >= 11 is 0. The van der Waals surface area contributed by atoms with Gasteiger partial charge in [-0.2, -0.15) is 0 Å². The van der Waals surface area contributed by atoms with E-state index in [0.717, 1.165) is 30.2 Å². The molecule has 9 heteroatoms. The van der Waals surface area contributed by atoms with Gasteiger partial charge in [-0.05, 0) is 12.8 Å². The molecule has 1 saturated carbocycles. The average Bonchev–Trinajstić information content (AvgIpc) is 3.17. The highest BCUT2D eigenvalue weighted by molar-refractivity contribution is 5.90. The number of amides is 1. The van der Waals surface area contributed by atoms with Crippen LogP contribution >= 0.6 is 0 Å². The van der Waals surface area contributed by atoms with Gasteiger partial charge in [0.15, 0.2) is 0 Å². The quantitative estimate of drug-likeness (QED) is 0.818. The lowest BCUT2D eigenvalue weighted by Gasteiger charge is -2.44. The fourth-order valence-electron chi connectivity index (χ4n) is 4.15. The summed E-state index contributed by atoms with van der Waals surface area (Å²) in [5.74, 6) is 2.12. The first-order chi connectivity index (χ1) is 13.7. The minimum absolute atomic E-state index is 0.112. The SMILES string of the molecule is COCc1cc(NC23CCC2CN(C(=O)c2ncn(C)n2)C3)nc(C(C)(C)C)n1. The van der Waals surface area contributed by atoms with E-state index in [2.05, 4.69) is 41.2 Å². The van der Waals surface area contributed by atoms with Gasteiger partial charge in [-0.25, -0.2) is 15.0 Å². The number of aromatic nitrogens is 5. The fourth-order valence-corrected chi connectivity index (χ4v) is 4.15. The molecule has 1 saturated heterocycles. The number of ether oxygens (including phenoxy) is 1. The second kappa shape index (κ2) is 7.05. The van der Waals surface area contributed by atoms with Crippen molar-refractivity contribution in [3.05, 3.63) is 29.7 Å². The van der Waals surface area contributed by atoms with Crippen LogP contribution in [-0.2, 0) is 23.8 Å². The van der Waals surface area contributed by atoms with E-state index >= 15 is 0 Å². The molecule has 1 N–H and O–H groups in total. The van der Waals surface area contributed by atoms with E-state index in [1.807, 2.05) is 11.0 Å². The van der Waals surface area contributed by atoms with Crippen LogP contribution in [0, 0.1) is 5.92 Å². The third-order valence-corrected chi connectivity index (χ3v) is 5.83. The Kier molecular flexibility index (Phi) is 4.80. The van der Waals surface area contributed by atoms with Gasteiger partial charge in [0.2, 0.25) is 5.82 Å². The molecular formula is C20H29N7O2. The number of hydrogen-bond donors (Lipinski definition) is 1. The molecular weight excluding hydrogens is 370 g/mol. The first-order valence-corrected chi connectivity index (χ1v) is 10.0. The van der Waals surface area contributed by atoms with Crippen molar-refractivity contribution in [2.75, 3.05) is 25.5 Å². The highest BCUT2D eigenvalue weighted by atomic mass is 16.5. The summed E-state index contributed by atoms with van der Waals surface area (Å²) in [6, 6.07) is 1.95. The second-order valence-electron chi connectivity index (χ2n) is 9.20. The van der Waals surface area contributed by atoms with Crippen LogP contribution in [0.5, 0.6) is 0 Å². The molecule has 1 aliphatic heterocycles. The van der Waals surface area contributed by atoms with E-state index < -0.39 is 0 Å². The smallest absolute Gasteiger partial charge is 0.293 e. The Hall–Kier alpha value is -2.55. The number of hydrogen-bond acceptors (Lipinski definition) is 7. The lowest BCUT2D eigenvalue weighted by molar-refractivity contribution is 0.0774. The number of rotatable bonds is 5. The summed E-state index contributed by atoms with van der Waals surface area (Å²) < 4.78 is 6.85. The van der Waals surface area contributed by atoms with Crippen LogP contribution in [0.4, 0.5) is 5.82 Å². The topological polar surface area (TPSA) is 98.1 Å². The average molecular weight is 399 g/mol. The maximum Gasteiger partial charge on any atom is 0.293 e. The Labute approximate surface area is 170 Å². The minimum Gasteiger partial charge on any atom is -0.378 e. The van der Waals surface area contributed by atoms with Gasteiger partial charge in [0.25, 0.3) is 5.91 Å². The van der Waals surface area contributed by atoms with E-state index in [-0.39, 0.29) is 22.7 Å². The molecule has 156 valence electrons. The first kappa shape index (κ1) is 19.8. The molecule has 3 heterocycles. The maximum atomic E-state index is 12.8. The highest BCUT2D eigenvalue weighted by Gasteiger charge is 2.54. The van der Waals surface area contributed by atoms with Gasteiger partial charge < -0.3 is 15.0 Å². The van der Waals surface area contributed by atoms with Crippen LogP contribution in [0.3, 0.4) is 0 Å². The molecule has 2 fully saturated rings. The highest BCUT2D eigenvalue weighted by Crippen LogP contribution is 2.46. The van der Waals surface area contributed by atoms with Gasteiger partial charge in [-0.15, -0.1) is 5.10 Å². The van der Waals surface area contributed by atoms with Crippen LogP contribution in [0.25, 0.3) is 0 Å². The van der Waals surface area contributed by atoms with Crippen molar-refractivity contribution in [2.24, 2.45) is 13.0 Å². The summed E-state index contributed by atoms with van der Waals surface area (Å²) in [6.07, 6.45) is 3.65. The number of methoxy groups -OCH3 is 1. The standard InChI is InChI=1S/C20H29N7O2/c1-19(2,3)18-22-14(10-29-5)8-15(23-18)24-20-7-6-13(20)9-27(11-20)17(28)16-21-12-26(4)25-16/h8,12-13H,6-7,9-11H2,1-5H3,(H,22,23,24). The second-order valence-corrected chi connectivity index (χ2v) is 9.20. The molecule has 0 spiro atoms. The molecule has 2 atom stereocenters. The Balaban J connectivity index is 1.56. The molecule has 0 bridgehead atoms. The third kappa shape index (κ3) is 3.71. The van der Waals surface area contributed by atoms with Crippen LogP contribution < -0.4 is 5.32 Å². The monoisotopic (exact) mass is 399 g/mol. The molecule has 0 aromatic carbocycles. The number of carbonyl (C=O) groups is 1. The summed E-state index contributed by atoms with van der Waals surface area (Å²) in [4.78, 5) is 28.2. The normalized spacial score (nSPS) is 23.6. The Morgan fingerprint density at radius 2 is 2.17 bits per heavy atom. The summed E-state index contributed by atoms with van der Waals surface area (Å²) in [6.45, 7) is 8.08. The number of aryl methyl sites for hydroxylation is 1. The number of fused-ring (bicyclic) bond motifs is 1. The number of nitrogens with zero attached hydrogens (tertiary/aromatic N) is 6. The molecule has 2 aromatic heterocycles. The van der Waals surface area contributed by atoms with Crippen molar-refractivity contribution >= 4 is 11.7 Å². The Bertz CT molecular complexity index is 920. The Morgan fingerprint density at radius 1 is 1.38 bits per heavy atom. The van der Waals surface area contributed by atoms with E-state index in [9.17, 15) is 4.79 Å². The number of nitrogens with one attached hydrogen (secondary N) is 1. The lowest BCUT2D eigenvalue weighted by atomic mass is 9.69. The molecule has 1 aliphatic carbocycles. The zero-order valence-corrected chi connectivity index (χ0v) is 17.8. The van der Waals surface area contributed by atoms with Crippen LogP contribution in [0.2, 0.25) is 0 Å². The van der Waals surface area contributed by atoms with Crippen molar-refractivity contribution in [1.29, 1.82) is 0 Å². The molecule has 2 aliphatic rings. The Morgan fingerprint density at radius 3 is 2.76 bits per heavy atom. The van der Waals surface area contributed by atoms with Crippen molar-refractivity contribution in [2.45, 2.75) is 51.2 Å². The molecule has 0 radical (unpaired) electrons. The molecule has 2 unspecified atom stereocenters. The van der Waals surface area contributed by atoms with Gasteiger partial charge in [0.05, 0.1) is 17.8 Å². The molecule has 2 aromatic rings. The van der Waals surface area contributed by atoms with E-state index in [1.165, 1.54) is 0 Å². The molecule has 4 rings (SSSR count). The fraction of sp³-hybridized carbons (Fsp3) is 0.650. The van der Waals surface area contributed by atoms with Crippen LogP contribution in [-0.4, -0.2) is 61.3 Å². The summed E-state index contributed by atoms with van der Waals surface area (Å²) in [5.41, 5.74) is 0.531. The van der Waals surface area contributed by atoms with E-state index in [4.69, 9.17) is 9.72 Å². The first-order valence-electron chi connectivity index (χ1n) is 10.0. The number of carbonyl (C=O) groups excluding carboxylic acids is 1. The zero-order valence-electron chi connectivity index (χ0n) is 17.8. The van der Waals surface area contributed by atoms with Gasteiger partial charge in [-0.3, -0.25) is 9.48 Å². The predicted octanol–water partition coefficient (Wildman–Crippen LogP) is 1.77. The molecule has 9 nitrogen and oxygen atoms in total. The van der Waals surface area contributed by atoms with E-state index in [0.29, 0.717) is 25.6 Å². The van der Waals surface area contributed by atoms with Gasteiger partial charge in [0.1, 0.15) is 18.0 Å². The van der Waals surface area contributed by atoms with E-state index in [1.54, 1.807) is 25.2 Å². The van der Waals surface area contributed by atoms with Crippen molar-refractivity contribution in [3.8, 4) is 0 Å². The molecule has 1 amide bonds. The van der Waals surface area contributed by atoms with Crippen LogP contribution in [0.1, 0.15) is 55.8 Å². The zero-order chi connectivity index (χ0) is 20.8. The summed E-state index contributed by atoms with van der Waals surface area (Å²) in [7, 11) is 3.43. The minimum atomic E-state index is -0.167. The van der Waals surface area contributed by atoms with Gasteiger partial charge >= 0.3 is 0 Å². The summed E-state index contributed by atoms with van der Waals surface area (Å²) in [5, 5.41) is 7.82. The predicted molar refractivity (Wildman–Crippen MR) is 107 cm³/mol. The van der Waals surface area contributed by atoms with Gasteiger partial charge in [-0.1, -0.05) is 20.8 Å². The maximum absolute atomic E-state index is 12.8.